The van der Waals surface area contributed by atoms with Gasteiger partial charge < -0.3 is 5.32 Å². The average Bonchev–Trinajstić information content (AvgIpc) is 2.33. The molecule has 1 aromatic carbocycles. The molecular weight excluding hydrogens is 394 g/mol. The van der Waals surface area contributed by atoms with Crippen LogP contribution in [0.15, 0.2) is 22.7 Å². The van der Waals surface area contributed by atoms with E-state index in [1.807, 2.05) is 6.07 Å². The second-order valence-corrected chi connectivity index (χ2v) is 7.51. The normalized spacial score (nSPS) is 17.6. The Morgan fingerprint density at radius 3 is 2.29 bits per heavy atom. The molecule has 0 amide bonds. The Bertz CT molecular complexity index is 443. The summed E-state index contributed by atoms with van der Waals surface area (Å²) in [5, 5.41) is 4.23. The maximum Gasteiger partial charge on any atom is 0.0410 e. The Balaban J connectivity index is 0.00000200. The van der Waals surface area contributed by atoms with Gasteiger partial charge in [0.05, 0.1) is 0 Å². The van der Waals surface area contributed by atoms with Crippen molar-refractivity contribution in [3.63, 3.8) is 0 Å². The second-order valence-electron chi connectivity index (χ2n) is 6.22. The first-order valence-electron chi connectivity index (χ1n) is 6.79. The molecule has 2 nitrogen and oxygen atoms in total. The highest BCUT2D eigenvalue weighted by molar-refractivity contribution is 9.10. The first kappa shape index (κ1) is 21.5. The van der Waals surface area contributed by atoms with E-state index in [1.165, 1.54) is 5.56 Å². The number of rotatable bonds is 2. The minimum Gasteiger partial charge on any atom is -0.314 e. The molecule has 6 heteroatoms. The topological polar surface area (TPSA) is 15.3 Å². The lowest BCUT2D eigenvalue weighted by molar-refractivity contribution is 0.0857. The summed E-state index contributed by atoms with van der Waals surface area (Å²) < 4.78 is 1.15. The molecule has 1 atom stereocenters. The summed E-state index contributed by atoms with van der Waals surface area (Å²) in [6.07, 6.45) is 0. The van der Waals surface area contributed by atoms with E-state index in [0.717, 1.165) is 35.7 Å². The molecule has 0 saturated carbocycles. The Morgan fingerprint density at radius 1 is 1.19 bits per heavy atom. The summed E-state index contributed by atoms with van der Waals surface area (Å²) in [5.41, 5.74) is 1.46. The van der Waals surface area contributed by atoms with Crippen LogP contribution in [-0.2, 0) is 0 Å². The van der Waals surface area contributed by atoms with Crippen molar-refractivity contribution in [2.24, 2.45) is 5.41 Å². The molecule has 0 unspecified atom stereocenters. The molecule has 122 valence electrons. The first-order valence-corrected chi connectivity index (χ1v) is 7.96. The van der Waals surface area contributed by atoms with Crippen LogP contribution in [0.1, 0.15) is 32.4 Å². The molecule has 1 N–H and O–H groups in total. The van der Waals surface area contributed by atoms with Gasteiger partial charge in [0.15, 0.2) is 0 Å². The lowest BCUT2D eigenvalue weighted by Gasteiger charge is -2.43. The van der Waals surface area contributed by atoms with E-state index in [-0.39, 0.29) is 30.2 Å². The van der Waals surface area contributed by atoms with E-state index < -0.39 is 0 Å². The fraction of sp³-hybridized carbons (Fsp3) is 0.600. The molecule has 1 aliphatic rings. The van der Waals surface area contributed by atoms with Crippen LogP contribution in [0.3, 0.4) is 0 Å². The van der Waals surface area contributed by atoms with Gasteiger partial charge in [0.25, 0.3) is 0 Å². The highest BCUT2D eigenvalue weighted by Crippen LogP contribution is 2.41. The smallest absolute Gasteiger partial charge is 0.0410 e. The van der Waals surface area contributed by atoms with E-state index in [0.29, 0.717) is 6.04 Å². The summed E-state index contributed by atoms with van der Waals surface area (Å²) in [4.78, 5) is 2.56. The standard InChI is InChI=1S/C15H22BrClN2.2ClH/c1-15(2,3)14(19-8-6-18-7-9-19)12-10-11(17)4-5-13(12)16;;/h4-5,10,14,18H,6-9H2,1-3H3;2*1H/t14-;;/m1../s1. The minimum absolute atomic E-state index is 0. The minimum atomic E-state index is 0. The van der Waals surface area contributed by atoms with Gasteiger partial charge in [0.2, 0.25) is 0 Å². The van der Waals surface area contributed by atoms with Crippen LogP contribution in [0.25, 0.3) is 0 Å². The summed E-state index contributed by atoms with van der Waals surface area (Å²) >= 11 is 9.89. The van der Waals surface area contributed by atoms with Crippen LogP contribution in [0.4, 0.5) is 0 Å². The summed E-state index contributed by atoms with van der Waals surface area (Å²) in [5.74, 6) is 0. The van der Waals surface area contributed by atoms with Gasteiger partial charge in [-0.2, -0.15) is 0 Å². The number of nitrogens with one attached hydrogen (secondary N) is 1. The van der Waals surface area contributed by atoms with E-state index >= 15 is 0 Å². The molecule has 0 aromatic heterocycles. The zero-order valence-electron chi connectivity index (χ0n) is 12.7. The molecule has 0 bridgehead atoms. The molecule has 1 fully saturated rings. The van der Waals surface area contributed by atoms with Crippen LogP contribution >= 0.6 is 52.3 Å². The van der Waals surface area contributed by atoms with Gasteiger partial charge in [-0.15, -0.1) is 24.8 Å². The van der Waals surface area contributed by atoms with Crippen molar-refractivity contribution in [3.05, 3.63) is 33.3 Å². The molecule has 1 saturated heterocycles. The van der Waals surface area contributed by atoms with Crippen LogP contribution in [-0.4, -0.2) is 31.1 Å². The van der Waals surface area contributed by atoms with Gasteiger partial charge in [-0.05, 0) is 29.2 Å². The van der Waals surface area contributed by atoms with Gasteiger partial charge in [-0.3, -0.25) is 4.90 Å². The van der Waals surface area contributed by atoms with Crippen molar-refractivity contribution < 1.29 is 0 Å². The van der Waals surface area contributed by atoms with Crippen molar-refractivity contribution in [1.29, 1.82) is 0 Å². The highest BCUT2D eigenvalue weighted by Gasteiger charge is 2.33. The Morgan fingerprint density at radius 2 is 1.76 bits per heavy atom. The van der Waals surface area contributed by atoms with Crippen molar-refractivity contribution >= 4 is 52.3 Å². The van der Waals surface area contributed by atoms with E-state index in [1.54, 1.807) is 0 Å². The third-order valence-corrected chi connectivity index (χ3v) is 4.55. The maximum atomic E-state index is 6.20. The molecule has 0 aliphatic carbocycles. The molecule has 2 rings (SSSR count). The quantitative estimate of drug-likeness (QED) is 0.732. The van der Waals surface area contributed by atoms with Crippen molar-refractivity contribution in [2.75, 3.05) is 26.2 Å². The van der Waals surface area contributed by atoms with Gasteiger partial charge in [0.1, 0.15) is 0 Å². The zero-order chi connectivity index (χ0) is 14.0. The first-order chi connectivity index (χ1) is 8.89. The van der Waals surface area contributed by atoms with Crippen LogP contribution < -0.4 is 5.32 Å². The van der Waals surface area contributed by atoms with Gasteiger partial charge >= 0.3 is 0 Å². The van der Waals surface area contributed by atoms with Gasteiger partial charge in [0, 0.05) is 41.7 Å². The van der Waals surface area contributed by atoms with Crippen molar-refractivity contribution in [3.8, 4) is 0 Å². The fourth-order valence-corrected chi connectivity index (χ4v) is 3.52. The van der Waals surface area contributed by atoms with Crippen LogP contribution in [0.2, 0.25) is 5.02 Å². The molecular formula is C15H24BrCl3N2. The summed E-state index contributed by atoms with van der Waals surface area (Å²) in [6.45, 7) is 11.2. The SMILES string of the molecule is CC(C)(C)[C@@H](c1cc(Cl)ccc1Br)N1CCNCC1.Cl.Cl. The lowest BCUT2D eigenvalue weighted by Crippen LogP contribution is -2.48. The Labute approximate surface area is 153 Å². The van der Waals surface area contributed by atoms with E-state index in [2.05, 4.69) is 59.1 Å². The summed E-state index contributed by atoms with van der Waals surface area (Å²) in [7, 11) is 0. The predicted molar refractivity (Wildman–Crippen MR) is 100 cm³/mol. The highest BCUT2D eigenvalue weighted by atomic mass is 79.9. The summed E-state index contributed by atoms with van der Waals surface area (Å²) in [6, 6.07) is 6.47. The number of nitrogens with zero attached hydrogens (tertiary/aromatic N) is 1. The third kappa shape index (κ3) is 5.56. The number of piperazine rings is 1. The average molecular weight is 419 g/mol. The molecule has 1 aliphatic heterocycles. The van der Waals surface area contributed by atoms with Crippen molar-refractivity contribution in [2.45, 2.75) is 26.8 Å². The molecule has 1 heterocycles. The largest absolute Gasteiger partial charge is 0.314 e. The predicted octanol–water partition coefficient (Wildman–Crippen LogP) is 4.94. The number of halogens is 4. The van der Waals surface area contributed by atoms with Crippen LogP contribution in [0, 0.1) is 5.41 Å². The van der Waals surface area contributed by atoms with E-state index in [4.69, 9.17) is 11.6 Å². The van der Waals surface area contributed by atoms with Gasteiger partial charge in [-0.25, -0.2) is 0 Å². The second kappa shape index (κ2) is 8.95. The number of hydrogen-bond acceptors (Lipinski definition) is 2. The molecule has 1 aromatic rings. The lowest BCUT2D eigenvalue weighted by atomic mass is 9.81. The Kier molecular flexibility index (Phi) is 9.16. The van der Waals surface area contributed by atoms with Crippen molar-refractivity contribution in [1.82, 2.24) is 10.2 Å². The Hall–Kier alpha value is 0.490. The molecule has 21 heavy (non-hydrogen) atoms. The monoisotopic (exact) mass is 416 g/mol. The fourth-order valence-electron chi connectivity index (χ4n) is 2.88. The molecule has 0 spiro atoms. The number of benzene rings is 1. The number of hydrogen-bond donors (Lipinski definition) is 1. The van der Waals surface area contributed by atoms with Gasteiger partial charge in [-0.1, -0.05) is 48.3 Å². The maximum absolute atomic E-state index is 6.20. The van der Waals surface area contributed by atoms with Crippen LogP contribution in [0.5, 0.6) is 0 Å². The molecule has 0 radical (unpaired) electrons. The zero-order valence-corrected chi connectivity index (χ0v) is 16.6. The third-order valence-electron chi connectivity index (χ3n) is 3.59. The van der Waals surface area contributed by atoms with E-state index in [9.17, 15) is 0 Å².